The number of aldehydes is 1. The molecule has 0 saturated carbocycles. The van der Waals surface area contributed by atoms with E-state index in [0.29, 0.717) is 5.82 Å². The Bertz CT molecular complexity index is 457. The number of hydrogen-bond acceptors (Lipinski definition) is 3. The molecule has 15 heavy (non-hydrogen) atoms. The second-order valence-corrected chi connectivity index (χ2v) is 3.30. The molecule has 0 radical (unpaired) electrons. The summed E-state index contributed by atoms with van der Waals surface area (Å²) in [5.41, 5.74) is 0. The lowest BCUT2D eigenvalue weighted by Gasteiger charge is -2.04. The van der Waals surface area contributed by atoms with Gasteiger partial charge in [-0.1, -0.05) is 0 Å². The fraction of sp³-hybridized carbons (Fsp3) is 0.300. The highest BCUT2D eigenvalue weighted by molar-refractivity contribution is 5.69. The Morgan fingerprint density at radius 2 is 2.13 bits per heavy atom. The van der Waals surface area contributed by atoms with Crippen LogP contribution in [-0.4, -0.2) is 25.4 Å². The van der Waals surface area contributed by atoms with Gasteiger partial charge in [0.2, 0.25) is 0 Å². The van der Waals surface area contributed by atoms with E-state index in [2.05, 4.69) is 9.97 Å². The van der Waals surface area contributed by atoms with Crippen LogP contribution in [0.5, 0.6) is 0 Å². The minimum Gasteiger partial charge on any atom is -0.338 e. The average molecular weight is 204 g/mol. The zero-order valence-electron chi connectivity index (χ0n) is 8.50. The summed E-state index contributed by atoms with van der Waals surface area (Å²) in [5.74, 6) is 1.46. The molecule has 78 valence electrons. The second-order valence-electron chi connectivity index (χ2n) is 3.30. The van der Waals surface area contributed by atoms with Gasteiger partial charge in [-0.3, -0.25) is 4.79 Å². The smallest absolute Gasteiger partial charge is 0.185 e. The average Bonchev–Trinajstić information content (AvgIpc) is 2.83. The number of aromatic nitrogens is 4. The van der Waals surface area contributed by atoms with Crippen LogP contribution in [0.15, 0.2) is 24.8 Å². The standard InChI is InChI=1S/C10H12N4O/c1-13-6-3-11-9(13)2-5-14-7-4-12-10(14)8-15/h3-4,6-8H,2,5H2,1H3. The molecule has 2 rings (SSSR count). The molecule has 5 heteroatoms. The molecule has 0 unspecified atom stereocenters. The minimum absolute atomic E-state index is 0.462. The molecule has 2 aromatic rings. The van der Waals surface area contributed by atoms with Crippen LogP contribution in [0, 0.1) is 0 Å². The lowest BCUT2D eigenvalue weighted by atomic mass is 10.4. The highest BCUT2D eigenvalue weighted by Crippen LogP contribution is 2.00. The molecule has 0 atom stereocenters. The van der Waals surface area contributed by atoms with Crippen LogP contribution >= 0.6 is 0 Å². The van der Waals surface area contributed by atoms with Crippen molar-refractivity contribution in [3.63, 3.8) is 0 Å². The molecule has 0 aliphatic rings. The lowest BCUT2D eigenvalue weighted by molar-refractivity contribution is 0.111. The number of carbonyl (C=O) groups is 1. The quantitative estimate of drug-likeness (QED) is 0.688. The molecule has 0 amide bonds. The SMILES string of the molecule is Cn1ccnc1CCn1ccnc1C=O. The summed E-state index contributed by atoms with van der Waals surface area (Å²) in [6.45, 7) is 0.721. The molecule has 2 aromatic heterocycles. The van der Waals surface area contributed by atoms with Crippen LogP contribution in [-0.2, 0) is 20.0 Å². The van der Waals surface area contributed by atoms with Crippen molar-refractivity contribution in [1.82, 2.24) is 19.1 Å². The van der Waals surface area contributed by atoms with Gasteiger partial charge in [0.15, 0.2) is 12.1 Å². The fourth-order valence-corrected chi connectivity index (χ4v) is 1.49. The van der Waals surface area contributed by atoms with E-state index in [4.69, 9.17) is 0 Å². The van der Waals surface area contributed by atoms with Crippen LogP contribution in [0.25, 0.3) is 0 Å². The Kier molecular flexibility index (Phi) is 2.62. The van der Waals surface area contributed by atoms with Crippen LogP contribution in [0.2, 0.25) is 0 Å². The topological polar surface area (TPSA) is 52.7 Å². The number of rotatable bonds is 4. The molecule has 0 saturated heterocycles. The van der Waals surface area contributed by atoms with Crippen LogP contribution in [0.1, 0.15) is 16.4 Å². The van der Waals surface area contributed by atoms with Crippen LogP contribution < -0.4 is 0 Å². The van der Waals surface area contributed by atoms with Crippen molar-refractivity contribution >= 4 is 6.29 Å². The van der Waals surface area contributed by atoms with Gasteiger partial charge in [0.25, 0.3) is 0 Å². The largest absolute Gasteiger partial charge is 0.338 e. The minimum atomic E-state index is 0.462. The third kappa shape index (κ3) is 1.96. The molecular formula is C10H12N4O. The van der Waals surface area contributed by atoms with E-state index < -0.39 is 0 Å². The molecular weight excluding hydrogens is 192 g/mol. The predicted octanol–water partition coefficient (Wildman–Crippen LogP) is 0.672. The van der Waals surface area contributed by atoms with Gasteiger partial charge < -0.3 is 9.13 Å². The molecule has 0 aliphatic heterocycles. The van der Waals surface area contributed by atoms with Gasteiger partial charge in [-0.2, -0.15) is 0 Å². The van der Waals surface area contributed by atoms with E-state index in [-0.39, 0.29) is 0 Å². The van der Waals surface area contributed by atoms with Crippen molar-refractivity contribution in [2.45, 2.75) is 13.0 Å². The Labute approximate surface area is 87.4 Å². The number of aryl methyl sites for hydroxylation is 3. The maximum atomic E-state index is 10.6. The van der Waals surface area contributed by atoms with Crippen molar-refractivity contribution < 1.29 is 4.79 Å². The third-order valence-corrected chi connectivity index (χ3v) is 2.35. The van der Waals surface area contributed by atoms with Crippen molar-refractivity contribution in [3.05, 3.63) is 36.4 Å². The number of nitrogens with zero attached hydrogens (tertiary/aromatic N) is 4. The van der Waals surface area contributed by atoms with E-state index in [9.17, 15) is 4.79 Å². The second kappa shape index (κ2) is 4.08. The van der Waals surface area contributed by atoms with Gasteiger partial charge in [0.05, 0.1) is 0 Å². The summed E-state index contributed by atoms with van der Waals surface area (Å²) in [6.07, 6.45) is 8.65. The van der Waals surface area contributed by atoms with Crippen molar-refractivity contribution in [1.29, 1.82) is 0 Å². The summed E-state index contributed by atoms with van der Waals surface area (Å²) in [4.78, 5) is 18.7. The molecule has 0 fully saturated rings. The molecule has 0 aromatic carbocycles. The van der Waals surface area contributed by atoms with Crippen molar-refractivity contribution in [3.8, 4) is 0 Å². The van der Waals surface area contributed by atoms with Crippen molar-refractivity contribution in [2.24, 2.45) is 7.05 Å². The van der Waals surface area contributed by atoms with E-state index in [1.165, 1.54) is 0 Å². The first kappa shape index (κ1) is 9.64. The Morgan fingerprint density at radius 3 is 2.80 bits per heavy atom. The van der Waals surface area contributed by atoms with Gasteiger partial charge in [-0.15, -0.1) is 0 Å². The van der Waals surface area contributed by atoms with E-state index >= 15 is 0 Å². The van der Waals surface area contributed by atoms with E-state index in [1.54, 1.807) is 18.6 Å². The van der Waals surface area contributed by atoms with Gasteiger partial charge in [0.1, 0.15) is 5.82 Å². The molecule has 2 heterocycles. The summed E-state index contributed by atoms with van der Waals surface area (Å²) in [6, 6.07) is 0. The van der Waals surface area contributed by atoms with E-state index in [1.807, 2.05) is 22.4 Å². The molecule has 5 nitrogen and oxygen atoms in total. The first-order valence-corrected chi connectivity index (χ1v) is 4.74. The molecule has 0 spiro atoms. The van der Waals surface area contributed by atoms with Gasteiger partial charge in [-0.05, 0) is 0 Å². The maximum absolute atomic E-state index is 10.6. The molecule has 0 bridgehead atoms. The Balaban J connectivity index is 2.05. The third-order valence-electron chi connectivity index (χ3n) is 2.35. The fourth-order valence-electron chi connectivity index (χ4n) is 1.49. The van der Waals surface area contributed by atoms with Crippen molar-refractivity contribution in [2.75, 3.05) is 0 Å². The highest BCUT2D eigenvalue weighted by Gasteiger charge is 2.03. The summed E-state index contributed by atoms with van der Waals surface area (Å²) >= 11 is 0. The van der Waals surface area contributed by atoms with Crippen LogP contribution in [0.4, 0.5) is 0 Å². The lowest BCUT2D eigenvalue weighted by Crippen LogP contribution is -2.07. The highest BCUT2D eigenvalue weighted by atomic mass is 16.1. The van der Waals surface area contributed by atoms with Gasteiger partial charge in [-0.25, -0.2) is 9.97 Å². The molecule has 0 N–H and O–H groups in total. The maximum Gasteiger partial charge on any atom is 0.185 e. The Hall–Kier alpha value is -1.91. The number of carbonyl (C=O) groups excluding carboxylic acids is 1. The zero-order valence-corrected chi connectivity index (χ0v) is 8.50. The summed E-state index contributed by atoms with van der Waals surface area (Å²) in [5, 5.41) is 0. The van der Waals surface area contributed by atoms with Crippen LogP contribution in [0.3, 0.4) is 0 Å². The first-order chi connectivity index (χ1) is 7.31. The molecule has 0 aliphatic carbocycles. The Morgan fingerprint density at radius 1 is 1.33 bits per heavy atom. The number of imidazole rings is 2. The zero-order chi connectivity index (χ0) is 10.7. The normalized spacial score (nSPS) is 10.5. The van der Waals surface area contributed by atoms with Gasteiger partial charge >= 0.3 is 0 Å². The number of hydrogen-bond donors (Lipinski definition) is 0. The predicted molar refractivity (Wildman–Crippen MR) is 54.5 cm³/mol. The first-order valence-electron chi connectivity index (χ1n) is 4.74. The van der Waals surface area contributed by atoms with Gasteiger partial charge in [0, 0.05) is 44.8 Å². The van der Waals surface area contributed by atoms with E-state index in [0.717, 1.165) is 25.1 Å². The summed E-state index contributed by atoms with van der Waals surface area (Å²) in [7, 11) is 1.96. The summed E-state index contributed by atoms with van der Waals surface area (Å²) < 4.78 is 3.79. The monoisotopic (exact) mass is 204 g/mol.